The number of carbonyl (C=O) groups excluding carboxylic acids is 2. The Morgan fingerprint density at radius 2 is 1.74 bits per heavy atom. The number of rotatable bonds is 7. The van der Waals surface area contributed by atoms with Crippen molar-refractivity contribution in [1.29, 1.82) is 0 Å². The summed E-state index contributed by atoms with van der Waals surface area (Å²) in [6.07, 6.45) is 3.25. The molecule has 158 valence electrons. The summed E-state index contributed by atoms with van der Waals surface area (Å²) in [7, 11) is 0. The Balaban J connectivity index is 1.71. The number of aryl methyl sites for hydroxylation is 3. The lowest BCUT2D eigenvalue weighted by Gasteiger charge is -2.16. The van der Waals surface area contributed by atoms with Gasteiger partial charge in [-0.25, -0.2) is 4.90 Å². The number of benzene rings is 2. The van der Waals surface area contributed by atoms with Crippen molar-refractivity contribution in [1.82, 2.24) is 0 Å². The smallest absolute Gasteiger partial charge is 0.282 e. The monoisotopic (exact) mass is 430 g/mol. The molecule has 0 unspecified atom stereocenters. The van der Waals surface area contributed by atoms with E-state index in [-0.39, 0.29) is 11.8 Å². The lowest BCUT2D eigenvalue weighted by atomic mass is 10.1. The Morgan fingerprint density at radius 3 is 2.39 bits per heavy atom. The molecular weight excluding hydrogens is 404 g/mol. The first kappa shape index (κ1) is 21.1. The standard InChI is InChI=1S/C26H26N2O2S/c1-4-5-7-19-10-12-20(13-11-19)28-25(29)23(22-8-6-15-31-22)24(26(28)30)27-21-14-9-17(2)16-18(21)3/h6,8-16,27H,4-5,7H2,1-3H3. The molecule has 31 heavy (non-hydrogen) atoms. The van der Waals surface area contributed by atoms with Crippen LogP contribution in [0.15, 0.2) is 65.7 Å². The third-order valence-corrected chi connectivity index (χ3v) is 6.39. The van der Waals surface area contributed by atoms with Crippen molar-refractivity contribution in [2.75, 3.05) is 10.2 Å². The maximum Gasteiger partial charge on any atom is 0.282 e. The fraction of sp³-hybridized carbons (Fsp3) is 0.231. The highest BCUT2D eigenvalue weighted by molar-refractivity contribution is 7.11. The molecule has 0 bridgehead atoms. The highest BCUT2D eigenvalue weighted by atomic mass is 32.1. The molecule has 0 saturated heterocycles. The van der Waals surface area contributed by atoms with Gasteiger partial charge in [0.25, 0.3) is 11.8 Å². The van der Waals surface area contributed by atoms with Crippen LogP contribution in [0.25, 0.3) is 5.57 Å². The van der Waals surface area contributed by atoms with Crippen LogP contribution in [0.2, 0.25) is 0 Å². The van der Waals surface area contributed by atoms with Gasteiger partial charge in [-0.2, -0.15) is 0 Å². The Labute approximate surface area is 187 Å². The number of amides is 2. The fourth-order valence-electron chi connectivity index (χ4n) is 3.81. The van der Waals surface area contributed by atoms with Crippen molar-refractivity contribution in [2.45, 2.75) is 40.0 Å². The number of anilines is 2. The van der Waals surface area contributed by atoms with E-state index in [1.165, 1.54) is 21.8 Å². The number of nitrogens with zero attached hydrogens (tertiary/aromatic N) is 1. The van der Waals surface area contributed by atoms with Gasteiger partial charge in [0.15, 0.2) is 0 Å². The van der Waals surface area contributed by atoms with Gasteiger partial charge in [-0.15, -0.1) is 11.3 Å². The van der Waals surface area contributed by atoms with Gasteiger partial charge in [0.2, 0.25) is 0 Å². The predicted octanol–water partition coefficient (Wildman–Crippen LogP) is 6.10. The third-order valence-electron chi connectivity index (χ3n) is 5.51. The lowest BCUT2D eigenvalue weighted by Crippen LogP contribution is -2.32. The summed E-state index contributed by atoms with van der Waals surface area (Å²) in [6.45, 7) is 6.19. The number of nitrogens with one attached hydrogen (secondary N) is 1. The van der Waals surface area contributed by atoms with Crippen molar-refractivity contribution >= 4 is 40.1 Å². The molecular formula is C26H26N2O2S. The second-order valence-corrected chi connectivity index (χ2v) is 8.83. The van der Waals surface area contributed by atoms with E-state index in [4.69, 9.17) is 0 Å². The lowest BCUT2D eigenvalue weighted by molar-refractivity contribution is -0.120. The molecule has 1 aromatic heterocycles. The van der Waals surface area contributed by atoms with Crippen LogP contribution in [0.5, 0.6) is 0 Å². The van der Waals surface area contributed by atoms with Gasteiger partial charge in [0, 0.05) is 10.6 Å². The molecule has 2 aromatic carbocycles. The molecule has 2 heterocycles. The minimum atomic E-state index is -0.324. The Bertz CT molecular complexity index is 1140. The maximum absolute atomic E-state index is 13.5. The Hall–Kier alpha value is -3.18. The van der Waals surface area contributed by atoms with Gasteiger partial charge in [0.1, 0.15) is 5.70 Å². The van der Waals surface area contributed by atoms with E-state index in [2.05, 4.69) is 18.3 Å². The summed E-state index contributed by atoms with van der Waals surface area (Å²) in [6, 6.07) is 17.5. The molecule has 0 aliphatic carbocycles. The normalized spacial score (nSPS) is 14.0. The average molecular weight is 431 g/mol. The first-order chi connectivity index (χ1) is 15.0. The van der Waals surface area contributed by atoms with E-state index in [1.54, 1.807) is 0 Å². The van der Waals surface area contributed by atoms with E-state index < -0.39 is 0 Å². The van der Waals surface area contributed by atoms with E-state index in [0.717, 1.165) is 41.0 Å². The molecule has 0 saturated carbocycles. The highest BCUT2D eigenvalue weighted by Gasteiger charge is 2.40. The molecule has 1 aliphatic rings. The van der Waals surface area contributed by atoms with Crippen molar-refractivity contribution in [2.24, 2.45) is 0 Å². The maximum atomic E-state index is 13.5. The topological polar surface area (TPSA) is 49.4 Å². The zero-order chi connectivity index (χ0) is 22.0. The van der Waals surface area contributed by atoms with Crippen LogP contribution in [-0.4, -0.2) is 11.8 Å². The largest absolute Gasteiger partial charge is 0.350 e. The van der Waals surface area contributed by atoms with Crippen molar-refractivity contribution in [3.05, 3.63) is 87.2 Å². The van der Waals surface area contributed by atoms with Crippen LogP contribution in [0.1, 0.15) is 41.3 Å². The average Bonchev–Trinajstić information content (AvgIpc) is 3.36. The van der Waals surface area contributed by atoms with Crippen molar-refractivity contribution in [3.8, 4) is 0 Å². The van der Waals surface area contributed by atoms with Gasteiger partial charge in [-0.1, -0.05) is 49.2 Å². The number of hydrogen-bond acceptors (Lipinski definition) is 4. The van der Waals surface area contributed by atoms with Crippen LogP contribution in [0.3, 0.4) is 0 Å². The van der Waals surface area contributed by atoms with Gasteiger partial charge in [0.05, 0.1) is 11.3 Å². The molecule has 0 spiro atoms. The summed E-state index contributed by atoms with van der Waals surface area (Å²) in [4.78, 5) is 28.9. The Kier molecular flexibility index (Phi) is 6.05. The molecule has 2 amide bonds. The van der Waals surface area contributed by atoms with Crippen molar-refractivity contribution in [3.63, 3.8) is 0 Å². The van der Waals surface area contributed by atoms with Gasteiger partial charge >= 0.3 is 0 Å². The summed E-state index contributed by atoms with van der Waals surface area (Å²) >= 11 is 1.46. The van der Waals surface area contributed by atoms with E-state index >= 15 is 0 Å². The predicted molar refractivity (Wildman–Crippen MR) is 128 cm³/mol. The molecule has 0 atom stereocenters. The minimum absolute atomic E-state index is 0.291. The van der Waals surface area contributed by atoms with E-state index in [1.807, 2.05) is 67.8 Å². The summed E-state index contributed by atoms with van der Waals surface area (Å²) < 4.78 is 0. The molecule has 5 heteroatoms. The number of thiophene rings is 1. The van der Waals surface area contributed by atoms with E-state index in [9.17, 15) is 9.59 Å². The van der Waals surface area contributed by atoms with Crippen LogP contribution in [0, 0.1) is 13.8 Å². The molecule has 1 aliphatic heterocycles. The minimum Gasteiger partial charge on any atom is -0.350 e. The molecule has 3 aromatic rings. The molecule has 0 fully saturated rings. The first-order valence-corrected chi connectivity index (χ1v) is 11.5. The molecule has 0 radical (unpaired) electrons. The summed E-state index contributed by atoms with van der Waals surface area (Å²) in [5, 5.41) is 5.18. The van der Waals surface area contributed by atoms with Crippen molar-refractivity contribution < 1.29 is 9.59 Å². The fourth-order valence-corrected chi connectivity index (χ4v) is 4.58. The van der Waals surface area contributed by atoms with Crippen LogP contribution < -0.4 is 10.2 Å². The van der Waals surface area contributed by atoms with Crippen LogP contribution in [-0.2, 0) is 16.0 Å². The van der Waals surface area contributed by atoms with Crippen LogP contribution >= 0.6 is 11.3 Å². The molecule has 1 N–H and O–H groups in total. The second-order valence-electron chi connectivity index (χ2n) is 7.89. The summed E-state index contributed by atoms with van der Waals surface area (Å²) in [5.74, 6) is -0.615. The number of carbonyl (C=O) groups is 2. The third kappa shape index (κ3) is 4.19. The van der Waals surface area contributed by atoms with Gasteiger partial charge < -0.3 is 5.32 Å². The SMILES string of the molecule is CCCCc1ccc(N2C(=O)C(Nc3ccc(C)cc3C)=C(c3cccs3)C2=O)cc1. The second kappa shape index (κ2) is 8.90. The van der Waals surface area contributed by atoms with Gasteiger partial charge in [-0.05, 0) is 67.5 Å². The zero-order valence-electron chi connectivity index (χ0n) is 18.1. The quantitative estimate of drug-likeness (QED) is 0.461. The first-order valence-electron chi connectivity index (χ1n) is 10.6. The van der Waals surface area contributed by atoms with Gasteiger partial charge in [-0.3, -0.25) is 9.59 Å². The molecule has 4 rings (SSSR count). The van der Waals surface area contributed by atoms with Crippen LogP contribution in [0.4, 0.5) is 11.4 Å². The number of unbranched alkanes of at least 4 members (excludes halogenated alkanes) is 1. The van der Waals surface area contributed by atoms with E-state index in [0.29, 0.717) is 17.0 Å². The number of imide groups is 1. The zero-order valence-corrected chi connectivity index (χ0v) is 18.9. The highest BCUT2D eigenvalue weighted by Crippen LogP contribution is 2.36. The Morgan fingerprint density at radius 1 is 0.968 bits per heavy atom. The number of hydrogen-bond donors (Lipinski definition) is 1. The summed E-state index contributed by atoms with van der Waals surface area (Å²) in [5.41, 5.74) is 5.56. The molecule has 4 nitrogen and oxygen atoms in total.